The van der Waals surface area contributed by atoms with Crippen molar-refractivity contribution >= 4 is 25.7 Å². The van der Waals surface area contributed by atoms with Gasteiger partial charge in [0.25, 0.3) is 10.0 Å². The fourth-order valence-electron chi connectivity index (χ4n) is 1.86. The molecule has 6 nitrogen and oxygen atoms in total. The SMILES string of the molecule is NS(=O)(=O)c1ccc(NS(=O)(=O)c2ccccc2C(F)(F)F)cc1. The minimum atomic E-state index is -4.84. The minimum absolute atomic E-state index is 0.112. The molecule has 130 valence electrons. The molecular formula is C13H11F3N2O4S2. The van der Waals surface area contributed by atoms with Crippen LogP contribution in [0.5, 0.6) is 0 Å². The first-order valence-electron chi connectivity index (χ1n) is 6.23. The molecule has 11 heteroatoms. The van der Waals surface area contributed by atoms with Crippen molar-refractivity contribution in [1.82, 2.24) is 0 Å². The van der Waals surface area contributed by atoms with Gasteiger partial charge in [-0.2, -0.15) is 13.2 Å². The van der Waals surface area contributed by atoms with Crippen LogP contribution < -0.4 is 9.86 Å². The highest BCUT2D eigenvalue weighted by Gasteiger charge is 2.36. The van der Waals surface area contributed by atoms with E-state index in [1.54, 1.807) is 0 Å². The lowest BCUT2D eigenvalue weighted by atomic mass is 10.2. The van der Waals surface area contributed by atoms with Gasteiger partial charge < -0.3 is 0 Å². The highest BCUT2D eigenvalue weighted by atomic mass is 32.2. The highest BCUT2D eigenvalue weighted by molar-refractivity contribution is 7.92. The number of sulfonamides is 2. The lowest BCUT2D eigenvalue weighted by molar-refractivity contribution is -0.139. The number of alkyl halides is 3. The average Bonchev–Trinajstić information content (AvgIpc) is 2.45. The zero-order valence-corrected chi connectivity index (χ0v) is 13.4. The maximum Gasteiger partial charge on any atom is 0.417 e. The molecule has 0 aliphatic heterocycles. The third-order valence-electron chi connectivity index (χ3n) is 2.92. The minimum Gasteiger partial charge on any atom is -0.280 e. The Kier molecular flexibility index (Phi) is 4.61. The Morgan fingerprint density at radius 2 is 1.42 bits per heavy atom. The summed E-state index contributed by atoms with van der Waals surface area (Å²) in [6.45, 7) is 0. The first kappa shape index (κ1) is 18.2. The van der Waals surface area contributed by atoms with E-state index in [0.29, 0.717) is 6.07 Å². The molecule has 0 radical (unpaired) electrons. The van der Waals surface area contributed by atoms with Crippen molar-refractivity contribution in [1.29, 1.82) is 0 Å². The van der Waals surface area contributed by atoms with E-state index in [0.717, 1.165) is 42.5 Å². The van der Waals surface area contributed by atoms with E-state index in [9.17, 15) is 30.0 Å². The van der Waals surface area contributed by atoms with Crippen LogP contribution in [0, 0.1) is 0 Å². The van der Waals surface area contributed by atoms with Gasteiger partial charge in [0.2, 0.25) is 10.0 Å². The van der Waals surface area contributed by atoms with Gasteiger partial charge in [-0.3, -0.25) is 4.72 Å². The molecule has 0 saturated heterocycles. The highest BCUT2D eigenvalue weighted by Crippen LogP contribution is 2.34. The topological polar surface area (TPSA) is 106 Å². The second-order valence-corrected chi connectivity index (χ2v) is 7.88. The summed E-state index contributed by atoms with van der Waals surface area (Å²) in [5.74, 6) is 0. The van der Waals surface area contributed by atoms with Gasteiger partial charge in [-0.1, -0.05) is 12.1 Å². The Morgan fingerprint density at radius 3 is 1.92 bits per heavy atom. The number of halogens is 3. The molecular weight excluding hydrogens is 369 g/mol. The first-order valence-corrected chi connectivity index (χ1v) is 9.26. The van der Waals surface area contributed by atoms with E-state index < -0.39 is 36.7 Å². The Bertz CT molecular complexity index is 953. The molecule has 3 N–H and O–H groups in total. The van der Waals surface area contributed by atoms with Crippen LogP contribution in [0.2, 0.25) is 0 Å². The summed E-state index contributed by atoms with van der Waals surface area (Å²) in [6, 6.07) is 7.92. The summed E-state index contributed by atoms with van der Waals surface area (Å²) in [5.41, 5.74) is -1.42. The molecule has 0 aliphatic carbocycles. The largest absolute Gasteiger partial charge is 0.417 e. The number of nitrogens with two attached hydrogens (primary N) is 1. The molecule has 0 heterocycles. The molecule has 0 bridgehead atoms. The van der Waals surface area contributed by atoms with Crippen LogP contribution in [0.15, 0.2) is 58.3 Å². The number of rotatable bonds is 4. The van der Waals surface area contributed by atoms with Crippen LogP contribution in [0.3, 0.4) is 0 Å². The van der Waals surface area contributed by atoms with Gasteiger partial charge in [-0.15, -0.1) is 0 Å². The maximum atomic E-state index is 12.9. The predicted molar refractivity (Wildman–Crippen MR) is 80.1 cm³/mol. The molecule has 0 unspecified atom stereocenters. The molecule has 0 aromatic heterocycles. The van der Waals surface area contributed by atoms with Gasteiger partial charge in [-0.25, -0.2) is 22.0 Å². The molecule has 0 atom stereocenters. The summed E-state index contributed by atoms with van der Waals surface area (Å²) in [7, 11) is -8.49. The fourth-order valence-corrected chi connectivity index (χ4v) is 3.66. The summed E-state index contributed by atoms with van der Waals surface area (Å²) >= 11 is 0. The molecule has 2 aromatic rings. The zero-order valence-electron chi connectivity index (χ0n) is 11.8. The van der Waals surface area contributed by atoms with Gasteiger partial charge in [-0.05, 0) is 36.4 Å². The second-order valence-electron chi connectivity index (χ2n) is 4.67. The third kappa shape index (κ3) is 4.04. The first-order chi connectivity index (χ1) is 10.9. The Balaban J connectivity index is 2.40. The monoisotopic (exact) mass is 380 g/mol. The van der Waals surface area contributed by atoms with E-state index in [1.807, 2.05) is 4.72 Å². The number of hydrogen-bond donors (Lipinski definition) is 2. The molecule has 0 fully saturated rings. The summed E-state index contributed by atoms with van der Waals surface area (Å²) in [5, 5.41) is 4.90. The molecule has 0 spiro atoms. The smallest absolute Gasteiger partial charge is 0.280 e. The normalized spacial score (nSPS) is 12.8. The van der Waals surface area contributed by atoms with Crippen LogP contribution in [0.25, 0.3) is 0 Å². The van der Waals surface area contributed by atoms with Crippen molar-refractivity contribution in [2.75, 3.05) is 4.72 Å². The number of nitrogens with one attached hydrogen (secondary N) is 1. The van der Waals surface area contributed by atoms with E-state index in [4.69, 9.17) is 5.14 Å². The second kappa shape index (κ2) is 6.07. The Hall–Kier alpha value is -2.11. The van der Waals surface area contributed by atoms with Crippen molar-refractivity contribution in [3.63, 3.8) is 0 Å². The van der Waals surface area contributed by atoms with Crippen LogP contribution in [0.4, 0.5) is 18.9 Å². The van der Waals surface area contributed by atoms with Gasteiger partial charge in [0.1, 0.15) is 0 Å². The Labute approximate surface area is 136 Å². The van der Waals surface area contributed by atoms with Crippen molar-refractivity contribution in [2.24, 2.45) is 5.14 Å². The van der Waals surface area contributed by atoms with Gasteiger partial charge >= 0.3 is 6.18 Å². The number of hydrogen-bond acceptors (Lipinski definition) is 4. The van der Waals surface area contributed by atoms with Gasteiger partial charge in [0.15, 0.2) is 0 Å². The predicted octanol–water partition coefficient (Wildman–Crippen LogP) is 2.15. The summed E-state index contributed by atoms with van der Waals surface area (Å²) < 4.78 is 87.4. The quantitative estimate of drug-likeness (QED) is 0.848. The van der Waals surface area contributed by atoms with E-state index >= 15 is 0 Å². The Morgan fingerprint density at radius 1 is 0.875 bits per heavy atom. The number of benzene rings is 2. The van der Waals surface area contributed by atoms with Gasteiger partial charge in [0.05, 0.1) is 15.4 Å². The van der Waals surface area contributed by atoms with Crippen molar-refractivity contribution in [2.45, 2.75) is 16.0 Å². The molecule has 0 aliphatic rings. The molecule has 0 amide bonds. The maximum absolute atomic E-state index is 12.9. The number of primary sulfonamides is 1. The number of anilines is 1. The molecule has 2 aromatic carbocycles. The third-order valence-corrected chi connectivity index (χ3v) is 5.29. The van der Waals surface area contributed by atoms with Crippen LogP contribution in [-0.2, 0) is 26.2 Å². The van der Waals surface area contributed by atoms with Crippen molar-refractivity contribution < 1.29 is 30.0 Å². The summed E-state index contributed by atoms with van der Waals surface area (Å²) in [4.78, 5) is -1.20. The van der Waals surface area contributed by atoms with Crippen molar-refractivity contribution in [3.8, 4) is 0 Å². The van der Waals surface area contributed by atoms with E-state index in [2.05, 4.69) is 0 Å². The van der Waals surface area contributed by atoms with Crippen LogP contribution in [-0.4, -0.2) is 16.8 Å². The molecule has 0 saturated carbocycles. The standard InChI is InChI=1S/C13H11F3N2O4S2/c14-13(15,16)11-3-1-2-4-12(11)24(21,22)18-9-5-7-10(8-6-9)23(17,19)20/h1-8,18H,(H2,17,19,20). The van der Waals surface area contributed by atoms with Gasteiger partial charge in [0, 0.05) is 5.69 Å². The zero-order chi connectivity index (χ0) is 18.2. The van der Waals surface area contributed by atoms with Crippen LogP contribution >= 0.6 is 0 Å². The summed E-state index contributed by atoms with van der Waals surface area (Å²) in [6.07, 6.45) is -4.84. The van der Waals surface area contributed by atoms with E-state index in [1.165, 1.54) is 0 Å². The van der Waals surface area contributed by atoms with Crippen LogP contribution in [0.1, 0.15) is 5.56 Å². The molecule has 24 heavy (non-hydrogen) atoms. The lowest BCUT2D eigenvalue weighted by Gasteiger charge is -2.14. The van der Waals surface area contributed by atoms with E-state index in [-0.39, 0.29) is 10.6 Å². The van der Waals surface area contributed by atoms with Crippen molar-refractivity contribution in [3.05, 3.63) is 54.1 Å². The molecule has 2 rings (SSSR count). The average molecular weight is 380 g/mol. The lowest BCUT2D eigenvalue weighted by Crippen LogP contribution is -2.19. The fraction of sp³-hybridized carbons (Fsp3) is 0.0769.